The molecule has 1 aromatic rings. The topological polar surface area (TPSA) is 15.3 Å². The van der Waals surface area contributed by atoms with Gasteiger partial charge in [-0.3, -0.25) is 0 Å². The van der Waals surface area contributed by atoms with Gasteiger partial charge in [0.05, 0.1) is 0 Å². The van der Waals surface area contributed by atoms with Gasteiger partial charge in [0.25, 0.3) is 0 Å². The first-order valence-electron chi connectivity index (χ1n) is 8.20. The summed E-state index contributed by atoms with van der Waals surface area (Å²) in [6, 6.07) is 9.61. The van der Waals surface area contributed by atoms with E-state index in [1.807, 2.05) is 0 Å². The zero-order chi connectivity index (χ0) is 14.5. The summed E-state index contributed by atoms with van der Waals surface area (Å²) in [6.45, 7) is 12.7. The lowest BCUT2D eigenvalue weighted by Crippen LogP contribution is -2.48. The highest BCUT2D eigenvalue weighted by molar-refractivity contribution is 5.55. The fourth-order valence-electron chi connectivity index (χ4n) is 3.26. The van der Waals surface area contributed by atoms with Crippen LogP contribution in [0.15, 0.2) is 24.3 Å². The van der Waals surface area contributed by atoms with Gasteiger partial charge in [0, 0.05) is 24.8 Å². The molecule has 0 spiro atoms. The van der Waals surface area contributed by atoms with Crippen LogP contribution in [0.2, 0.25) is 0 Å². The minimum atomic E-state index is 0.595. The molecule has 0 aliphatic carbocycles. The second-order valence-corrected chi connectivity index (χ2v) is 6.49. The maximum atomic E-state index is 3.70. The van der Waals surface area contributed by atoms with Crippen LogP contribution in [0.3, 0.4) is 0 Å². The number of benzene rings is 1. The van der Waals surface area contributed by atoms with Crippen molar-refractivity contribution in [2.45, 2.75) is 52.5 Å². The second kappa shape index (κ2) is 7.12. The molecule has 1 aliphatic heterocycles. The third-order valence-corrected chi connectivity index (χ3v) is 4.46. The van der Waals surface area contributed by atoms with Crippen molar-refractivity contribution in [1.29, 1.82) is 0 Å². The van der Waals surface area contributed by atoms with E-state index in [1.54, 1.807) is 0 Å². The smallest absolute Gasteiger partial charge is 0.0401 e. The van der Waals surface area contributed by atoms with Crippen LogP contribution in [0, 0.1) is 5.92 Å². The van der Waals surface area contributed by atoms with Gasteiger partial charge in [-0.15, -0.1) is 0 Å². The summed E-state index contributed by atoms with van der Waals surface area (Å²) in [6.07, 6.45) is 2.48. The van der Waals surface area contributed by atoms with Crippen LogP contribution in [0.5, 0.6) is 0 Å². The van der Waals surface area contributed by atoms with Gasteiger partial charge in [0.2, 0.25) is 0 Å². The lowest BCUT2D eigenvalue weighted by Gasteiger charge is -2.40. The van der Waals surface area contributed by atoms with E-state index in [0.717, 1.165) is 12.5 Å². The fourth-order valence-corrected chi connectivity index (χ4v) is 3.26. The van der Waals surface area contributed by atoms with Crippen molar-refractivity contribution in [2.24, 2.45) is 5.92 Å². The molecule has 1 heterocycles. The van der Waals surface area contributed by atoms with Gasteiger partial charge >= 0.3 is 0 Å². The number of nitrogens with zero attached hydrogens (tertiary/aromatic N) is 1. The fraction of sp³-hybridized carbons (Fsp3) is 0.667. The van der Waals surface area contributed by atoms with E-state index in [1.165, 1.54) is 37.2 Å². The monoisotopic (exact) mass is 274 g/mol. The van der Waals surface area contributed by atoms with Crippen LogP contribution in [0.1, 0.15) is 52.0 Å². The van der Waals surface area contributed by atoms with E-state index in [2.05, 4.69) is 62.2 Å². The summed E-state index contributed by atoms with van der Waals surface area (Å²) in [4.78, 5) is 2.59. The van der Waals surface area contributed by atoms with Gasteiger partial charge in [-0.1, -0.05) is 45.9 Å². The number of para-hydroxylation sites is 1. The van der Waals surface area contributed by atoms with Gasteiger partial charge in [0.1, 0.15) is 0 Å². The van der Waals surface area contributed by atoms with E-state index in [4.69, 9.17) is 0 Å². The van der Waals surface area contributed by atoms with Crippen LogP contribution in [0.25, 0.3) is 0 Å². The first-order chi connectivity index (χ1) is 9.63. The number of anilines is 1. The Bertz CT molecular complexity index is 414. The number of nitrogens with one attached hydrogen (secondary N) is 1. The lowest BCUT2D eigenvalue weighted by molar-refractivity contribution is 0.322. The van der Waals surface area contributed by atoms with Crippen molar-refractivity contribution in [3.05, 3.63) is 29.8 Å². The van der Waals surface area contributed by atoms with E-state index < -0.39 is 0 Å². The molecular formula is C18H30N2. The maximum Gasteiger partial charge on any atom is 0.0401 e. The van der Waals surface area contributed by atoms with E-state index >= 15 is 0 Å². The van der Waals surface area contributed by atoms with Gasteiger partial charge in [-0.2, -0.15) is 0 Å². The average Bonchev–Trinajstić information content (AvgIpc) is 2.46. The standard InChI is InChI=1S/C18H30N2/c1-5-11-19-17-10-12-20(13-15(17)4)18-9-7-6-8-16(18)14(2)3/h6-9,14-15,17,19H,5,10-13H2,1-4H3. The Morgan fingerprint density at radius 1 is 1.30 bits per heavy atom. The highest BCUT2D eigenvalue weighted by atomic mass is 15.2. The molecule has 1 N–H and O–H groups in total. The predicted molar refractivity (Wildman–Crippen MR) is 88.6 cm³/mol. The zero-order valence-electron chi connectivity index (χ0n) is 13.5. The minimum absolute atomic E-state index is 0.595. The zero-order valence-corrected chi connectivity index (χ0v) is 13.5. The largest absolute Gasteiger partial charge is 0.371 e. The highest BCUT2D eigenvalue weighted by Crippen LogP contribution is 2.30. The van der Waals surface area contributed by atoms with Gasteiger partial charge in [-0.05, 0) is 42.9 Å². The van der Waals surface area contributed by atoms with Gasteiger partial charge in [0.15, 0.2) is 0 Å². The summed E-state index contributed by atoms with van der Waals surface area (Å²) in [5.41, 5.74) is 2.93. The van der Waals surface area contributed by atoms with Crippen molar-refractivity contribution < 1.29 is 0 Å². The summed E-state index contributed by atoms with van der Waals surface area (Å²) >= 11 is 0. The molecule has 0 amide bonds. The van der Waals surface area contributed by atoms with Gasteiger partial charge in [-0.25, -0.2) is 0 Å². The molecule has 2 heteroatoms. The summed E-state index contributed by atoms with van der Waals surface area (Å²) in [5, 5.41) is 3.70. The molecule has 112 valence electrons. The molecule has 2 unspecified atom stereocenters. The molecule has 2 rings (SSSR count). The van der Waals surface area contributed by atoms with Crippen LogP contribution in [-0.2, 0) is 0 Å². The Morgan fingerprint density at radius 3 is 2.70 bits per heavy atom. The maximum absolute atomic E-state index is 3.70. The third-order valence-electron chi connectivity index (χ3n) is 4.46. The quantitative estimate of drug-likeness (QED) is 0.872. The molecule has 2 atom stereocenters. The van der Waals surface area contributed by atoms with Gasteiger partial charge < -0.3 is 10.2 Å². The molecular weight excluding hydrogens is 244 g/mol. The SMILES string of the molecule is CCCNC1CCN(c2ccccc2C(C)C)CC1C. The highest BCUT2D eigenvalue weighted by Gasteiger charge is 2.26. The van der Waals surface area contributed by atoms with Crippen molar-refractivity contribution in [3.8, 4) is 0 Å². The summed E-state index contributed by atoms with van der Waals surface area (Å²) < 4.78 is 0. The Hall–Kier alpha value is -1.02. The first-order valence-corrected chi connectivity index (χ1v) is 8.20. The van der Waals surface area contributed by atoms with Crippen molar-refractivity contribution in [2.75, 3.05) is 24.5 Å². The van der Waals surface area contributed by atoms with E-state index in [0.29, 0.717) is 12.0 Å². The second-order valence-electron chi connectivity index (χ2n) is 6.49. The molecule has 0 aromatic heterocycles. The molecule has 0 radical (unpaired) electrons. The molecule has 1 saturated heterocycles. The molecule has 0 bridgehead atoms. The Kier molecular flexibility index (Phi) is 5.47. The van der Waals surface area contributed by atoms with Crippen molar-refractivity contribution >= 4 is 5.69 Å². The first kappa shape index (κ1) is 15.4. The molecule has 1 fully saturated rings. The van der Waals surface area contributed by atoms with Crippen LogP contribution >= 0.6 is 0 Å². The number of hydrogen-bond acceptors (Lipinski definition) is 2. The summed E-state index contributed by atoms with van der Waals surface area (Å²) in [7, 11) is 0. The number of hydrogen-bond donors (Lipinski definition) is 1. The Balaban J connectivity index is 2.06. The Morgan fingerprint density at radius 2 is 2.05 bits per heavy atom. The number of piperidine rings is 1. The van der Waals surface area contributed by atoms with Crippen molar-refractivity contribution in [3.63, 3.8) is 0 Å². The van der Waals surface area contributed by atoms with E-state index in [9.17, 15) is 0 Å². The average molecular weight is 274 g/mol. The van der Waals surface area contributed by atoms with Crippen molar-refractivity contribution in [1.82, 2.24) is 5.32 Å². The number of rotatable bonds is 5. The molecule has 1 aromatic carbocycles. The molecule has 20 heavy (non-hydrogen) atoms. The lowest BCUT2D eigenvalue weighted by atomic mass is 9.91. The Labute approximate surface area is 124 Å². The summed E-state index contributed by atoms with van der Waals surface area (Å²) in [5.74, 6) is 1.31. The third kappa shape index (κ3) is 3.54. The molecule has 1 aliphatic rings. The minimum Gasteiger partial charge on any atom is -0.371 e. The normalized spacial score (nSPS) is 23.4. The molecule has 2 nitrogen and oxygen atoms in total. The van der Waals surface area contributed by atoms with E-state index in [-0.39, 0.29) is 0 Å². The van der Waals surface area contributed by atoms with Crippen LogP contribution < -0.4 is 10.2 Å². The predicted octanol–water partition coefficient (Wildman–Crippen LogP) is 4.02. The van der Waals surface area contributed by atoms with Crippen LogP contribution in [-0.4, -0.2) is 25.7 Å². The molecule has 0 saturated carbocycles. The van der Waals surface area contributed by atoms with Crippen LogP contribution in [0.4, 0.5) is 5.69 Å².